The molecular weight excluding hydrogens is 182 g/mol. The third kappa shape index (κ3) is 2.30. The van der Waals surface area contributed by atoms with Crippen LogP contribution in [0.4, 0.5) is 0 Å². The first-order valence-corrected chi connectivity index (χ1v) is 5.01. The maximum atomic E-state index is 5.57. The van der Waals surface area contributed by atoms with Gasteiger partial charge in [0.15, 0.2) is 5.82 Å². The van der Waals surface area contributed by atoms with Crippen LogP contribution in [0.15, 0.2) is 4.52 Å². The highest BCUT2D eigenvalue weighted by Gasteiger charge is 2.17. The summed E-state index contributed by atoms with van der Waals surface area (Å²) in [6.45, 7) is 1.18. The first kappa shape index (κ1) is 9.61. The number of hydrogen-bond acceptors (Lipinski definition) is 5. The Bertz CT molecular complexity index is 281. The van der Waals surface area contributed by atoms with Crippen LogP contribution in [0.5, 0.6) is 0 Å². The van der Waals surface area contributed by atoms with Crippen molar-refractivity contribution < 1.29 is 9.26 Å². The summed E-state index contributed by atoms with van der Waals surface area (Å²) in [7, 11) is 0. The molecule has 1 unspecified atom stereocenters. The average molecular weight is 197 g/mol. The van der Waals surface area contributed by atoms with E-state index in [-0.39, 0.29) is 6.10 Å². The quantitative estimate of drug-likeness (QED) is 0.769. The third-order valence-corrected chi connectivity index (χ3v) is 2.37. The molecule has 1 aromatic rings. The minimum absolute atomic E-state index is 0.245. The molecule has 1 saturated heterocycles. The fourth-order valence-electron chi connectivity index (χ4n) is 1.62. The van der Waals surface area contributed by atoms with E-state index in [1.54, 1.807) is 0 Å². The Morgan fingerprint density at radius 2 is 2.36 bits per heavy atom. The van der Waals surface area contributed by atoms with Crippen molar-refractivity contribution in [3.05, 3.63) is 11.7 Å². The van der Waals surface area contributed by atoms with E-state index in [9.17, 15) is 0 Å². The Balaban J connectivity index is 1.89. The first-order chi connectivity index (χ1) is 6.88. The van der Waals surface area contributed by atoms with Gasteiger partial charge in [0.2, 0.25) is 5.89 Å². The van der Waals surface area contributed by atoms with Crippen LogP contribution >= 0.6 is 0 Å². The Kier molecular flexibility index (Phi) is 3.10. The van der Waals surface area contributed by atoms with Gasteiger partial charge in [-0.15, -0.1) is 0 Å². The number of hydrogen-bond donors (Lipinski definition) is 1. The standard InChI is InChI=1S/C9H15N3O2/c10-6-8-11-9(14-12-8)5-7-3-1-2-4-13-7/h7H,1-6,10H2. The highest BCUT2D eigenvalue weighted by molar-refractivity contribution is 4.87. The van der Waals surface area contributed by atoms with Crippen LogP contribution in [-0.2, 0) is 17.7 Å². The number of rotatable bonds is 3. The van der Waals surface area contributed by atoms with Gasteiger partial charge >= 0.3 is 0 Å². The summed E-state index contributed by atoms with van der Waals surface area (Å²) >= 11 is 0. The number of aromatic nitrogens is 2. The lowest BCUT2D eigenvalue weighted by Crippen LogP contribution is -2.21. The van der Waals surface area contributed by atoms with E-state index in [0.29, 0.717) is 24.7 Å². The summed E-state index contributed by atoms with van der Waals surface area (Å²) in [5, 5.41) is 3.73. The molecule has 14 heavy (non-hydrogen) atoms. The van der Waals surface area contributed by atoms with Crippen molar-refractivity contribution in [1.82, 2.24) is 10.1 Å². The maximum Gasteiger partial charge on any atom is 0.229 e. The second-order valence-electron chi connectivity index (χ2n) is 3.50. The number of nitrogens with zero attached hydrogens (tertiary/aromatic N) is 2. The normalized spacial score (nSPS) is 22.5. The van der Waals surface area contributed by atoms with Gasteiger partial charge in [-0.2, -0.15) is 4.98 Å². The van der Waals surface area contributed by atoms with Crippen LogP contribution in [0.1, 0.15) is 31.0 Å². The van der Waals surface area contributed by atoms with Gasteiger partial charge in [-0.05, 0) is 19.3 Å². The van der Waals surface area contributed by atoms with E-state index in [4.69, 9.17) is 15.0 Å². The third-order valence-electron chi connectivity index (χ3n) is 2.37. The molecule has 2 rings (SSSR count). The Labute approximate surface area is 82.6 Å². The average Bonchev–Trinajstić information content (AvgIpc) is 2.67. The molecule has 0 bridgehead atoms. The van der Waals surface area contributed by atoms with Gasteiger partial charge in [-0.1, -0.05) is 5.16 Å². The summed E-state index contributed by atoms with van der Waals surface area (Å²) in [6, 6.07) is 0. The smallest absolute Gasteiger partial charge is 0.229 e. The molecular formula is C9H15N3O2. The van der Waals surface area contributed by atoms with Crippen molar-refractivity contribution >= 4 is 0 Å². The zero-order chi connectivity index (χ0) is 9.80. The van der Waals surface area contributed by atoms with Gasteiger partial charge in [0.1, 0.15) is 0 Å². The van der Waals surface area contributed by atoms with Crippen LogP contribution in [-0.4, -0.2) is 22.9 Å². The minimum Gasteiger partial charge on any atom is -0.378 e. The molecule has 5 heteroatoms. The Morgan fingerprint density at radius 1 is 1.43 bits per heavy atom. The van der Waals surface area contributed by atoms with Gasteiger partial charge in [0, 0.05) is 6.61 Å². The van der Waals surface area contributed by atoms with Gasteiger partial charge in [0.05, 0.1) is 19.1 Å². The van der Waals surface area contributed by atoms with Crippen molar-refractivity contribution in [2.45, 2.75) is 38.3 Å². The summed E-state index contributed by atoms with van der Waals surface area (Å²) in [6.07, 6.45) is 4.43. The molecule has 2 N–H and O–H groups in total. The van der Waals surface area contributed by atoms with E-state index in [1.165, 1.54) is 6.42 Å². The predicted molar refractivity (Wildman–Crippen MR) is 49.5 cm³/mol. The molecule has 1 aliphatic heterocycles. The number of nitrogens with two attached hydrogens (primary N) is 1. The minimum atomic E-state index is 0.245. The van der Waals surface area contributed by atoms with E-state index in [0.717, 1.165) is 19.4 Å². The molecule has 2 heterocycles. The van der Waals surface area contributed by atoms with Gasteiger partial charge in [0.25, 0.3) is 0 Å². The Hall–Kier alpha value is -0.940. The summed E-state index contributed by atoms with van der Waals surface area (Å²) in [4.78, 5) is 4.14. The topological polar surface area (TPSA) is 74.2 Å². The lowest BCUT2D eigenvalue weighted by atomic mass is 10.1. The van der Waals surface area contributed by atoms with Crippen LogP contribution in [0, 0.1) is 0 Å². The lowest BCUT2D eigenvalue weighted by Gasteiger charge is -2.20. The number of ether oxygens (including phenoxy) is 1. The molecule has 0 amide bonds. The monoisotopic (exact) mass is 197 g/mol. The molecule has 0 radical (unpaired) electrons. The van der Waals surface area contributed by atoms with Crippen LogP contribution < -0.4 is 5.73 Å². The van der Waals surface area contributed by atoms with Crippen molar-refractivity contribution in [3.63, 3.8) is 0 Å². The van der Waals surface area contributed by atoms with Crippen LogP contribution in [0.3, 0.4) is 0 Å². The second-order valence-corrected chi connectivity index (χ2v) is 3.50. The molecule has 1 aromatic heterocycles. The van der Waals surface area contributed by atoms with Gasteiger partial charge in [-0.3, -0.25) is 0 Å². The summed E-state index contributed by atoms with van der Waals surface area (Å²) < 4.78 is 10.6. The fraction of sp³-hybridized carbons (Fsp3) is 0.778. The van der Waals surface area contributed by atoms with Gasteiger partial charge < -0.3 is 15.0 Å². The van der Waals surface area contributed by atoms with Crippen molar-refractivity contribution in [3.8, 4) is 0 Å². The molecule has 0 saturated carbocycles. The molecule has 0 spiro atoms. The molecule has 0 aliphatic carbocycles. The predicted octanol–water partition coefficient (Wildman–Crippen LogP) is 0.640. The molecule has 1 aliphatic rings. The summed E-state index contributed by atoms with van der Waals surface area (Å²) in [5.74, 6) is 1.20. The van der Waals surface area contributed by atoms with E-state index in [1.807, 2.05) is 0 Å². The molecule has 1 fully saturated rings. The zero-order valence-corrected chi connectivity index (χ0v) is 8.11. The SMILES string of the molecule is NCc1noc(CC2CCCCO2)n1. The van der Waals surface area contributed by atoms with Crippen molar-refractivity contribution in [1.29, 1.82) is 0 Å². The Morgan fingerprint density at radius 3 is 3.00 bits per heavy atom. The second kappa shape index (κ2) is 4.52. The van der Waals surface area contributed by atoms with E-state index in [2.05, 4.69) is 10.1 Å². The first-order valence-electron chi connectivity index (χ1n) is 5.01. The molecule has 78 valence electrons. The van der Waals surface area contributed by atoms with Crippen molar-refractivity contribution in [2.75, 3.05) is 6.61 Å². The van der Waals surface area contributed by atoms with E-state index < -0.39 is 0 Å². The highest BCUT2D eigenvalue weighted by Crippen LogP contribution is 2.16. The molecule has 0 aromatic carbocycles. The highest BCUT2D eigenvalue weighted by atomic mass is 16.5. The molecule has 5 nitrogen and oxygen atoms in total. The van der Waals surface area contributed by atoms with Crippen LogP contribution in [0.2, 0.25) is 0 Å². The van der Waals surface area contributed by atoms with Crippen molar-refractivity contribution in [2.24, 2.45) is 5.73 Å². The van der Waals surface area contributed by atoms with E-state index >= 15 is 0 Å². The van der Waals surface area contributed by atoms with Gasteiger partial charge in [-0.25, -0.2) is 0 Å². The molecule has 1 atom stereocenters. The van der Waals surface area contributed by atoms with Crippen LogP contribution in [0.25, 0.3) is 0 Å². The largest absolute Gasteiger partial charge is 0.378 e. The lowest BCUT2D eigenvalue weighted by molar-refractivity contribution is 0.0124. The summed E-state index contributed by atoms with van der Waals surface area (Å²) in [5.41, 5.74) is 5.38. The fourth-order valence-corrected chi connectivity index (χ4v) is 1.62. The zero-order valence-electron chi connectivity index (χ0n) is 8.11. The maximum absolute atomic E-state index is 5.57.